The second-order valence-corrected chi connectivity index (χ2v) is 6.00. The highest BCUT2D eigenvalue weighted by Crippen LogP contribution is 2.33. The van der Waals surface area contributed by atoms with Crippen molar-refractivity contribution in [3.63, 3.8) is 0 Å². The maximum atomic E-state index is 12.1. The molecule has 2 aliphatic rings. The number of nitrogens with one attached hydrogen (secondary N) is 1. The Labute approximate surface area is 126 Å². The number of benzene rings is 1. The van der Waals surface area contributed by atoms with Crippen LogP contribution in [0.4, 0.5) is 5.69 Å². The Morgan fingerprint density at radius 1 is 1.29 bits per heavy atom. The molecule has 1 N–H and O–H groups in total. The first-order valence-corrected chi connectivity index (χ1v) is 7.96. The minimum absolute atomic E-state index is 0.108. The third kappa shape index (κ3) is 3.27. The number of hydrogen-bond donors (Lipinski definition) is 1. The van der Waals surface area contributed by atoms with E-state index in [0.717, 1.165) is 18.8 Å². The largest absolute Gasteiger partial charge is 0.377 e. The maximum absolute atomic E-state index is 12.1. The van der Waals surface area contributed by atoms with E-state index >= 15 is 0 Å². The first kappa shape index (κ1) is 14.5. The third-order valence-electron chi connectivity index (χ3n) is 4.57. The molecule has 1 heterocycles. The second-order valence-electron chi connectivity index (χ2n) is 6.00. The van der Waals surface area contributed by atoms with Gasteiger partial charge in [0.1, 0.15) is 0 Å². The summed E-state index contributed by atoms with van der Waals surface area (Å²) in [5.74, 6) is 0.169. The van der Waals surface area contributed by atoms with Gasteiger partial charge in [0.15, 0.2) is 0 Å². The highest BCUT2D eigenvalue weighted by atomic mass is 16.5. The van der Waals surface area contributed by atoms with Gasteiger partial charge in [0, 0.05) is 31.7 Å². The fraction of sp³-hybridized carbons (Fsp3) is 0.588. The summed E-state index contributed by atoms with van der Waals surface area (Å²) in [4.78, 5) is 13.8. The van der Waals surface area contributed by atoms with Gasteiger partial charge in [-0.1, -0.05) is 31.0 Å². The van der Waals surface area contributed by atoms with Crippen LogP contribution in [0.2, 0.25) is 0 Å². The van der Waals surface area contributed by atoms with Gasteiger partial charge >= 0.3 is 0 Å². The monoisotopic (exact) mass is 288 g/mol. The van der Waals surface area contributed by atoms with Gasteiger partial charge in [-0.25, -0.2) is 0 Å². The van der Waals surface area contributed by atoms with Crippen LogP contribution in [0.1, 0.15) is 43.7 Å². The van der Waals surface area contributed by atoms with E-state index in [1.54, 1.807) is 4.90 Å². The van der Waals surface area contributed by atoms with Crippen LogP contribution in [0.5, 0.6) is 0 Å². The first-order valence-electron chi connectivity index (χ1n) is 7.96. The van der Waals surface area contributed by atoms with Gasteiger partial charge in [0.05, 0.1) is 12.7 Å². The molecular weight excluding hydrogens is 264 g/mol. The molecule has 21 heavy (non-hydrogen) atoms. The van der Waals surface area contributed by atoms with Crippen LogP contribution in [-0.4, -0.2) is 32.2 Å². The van der Waals surface area contributed by atoms with Crippen molar-refractivity contribution in [3.8, 4) is 0 Å². The number of fused-ring (bicyclic) bond motifs is 1. The molecule has 3 rings (SSSR count). The lowest BCUT2D eigenvalue weighted by Crippen LogP contribution is -2.38. The Hall–Kier alpha value is -1.39. The molecule has 1 aliphatic carbocycles. The highest BCUT2D eigenvalue weighted by molar-refractivity contribution is 5.96. The molecule has 1 aromatic rings. The molecule has 1 aliphatic heterocycles. The minimum Gasteiger partial charge on any atom is -0.377 e. The van der Waals surface area contributed by atoms with Gasteiger partial charge in [0.2, 0.25) is 5.91 Å². The lowest BCUT2D eigenvalue weighted by Gasteiger charge is -2.32. The van der Waals surface area contributed by atoms with Crippen LogP contribution in [0, 0.1) is 0 Å². The fourth-order valence-electron chi connectivity index (χ4n) is 3.34. The number of anilines is 1. The number of rotatable bonds is 5. The molecule has 4 heteroatoms. The molecule has 114 valence electrons. The van der Waals surface area contributed by atoms with Crippen LogP contribution in [0.25, 0.3) is 0 Å². The molecule has 0 bridgehead atoms. The number of nitrogens with zero attached hydrogens (tertiary/aromatic N) is 1. The van der Waals surface area contributed by atoms with E-state index < -0.39 is 0 Å². The average molecular weight is 288 g/mol. The molecule has 1 aromatic carbocycles. The van der Waals surface area contributed by atoms with Gasteiger partial charge in [-0.3, -0.25) is 4.79 Å². The Morgan fingerprint density at radius 3 is 2.86 bits per heavy atom. The number of ether oxygens (including phenoxy) is 1. The molecule has 1 fully saturated rings. The van der Waals surface area contributed by atoms with E-state index in [0.29, 0.717) is 12.5 Å². The van der Waals surface area contributed by atoms with Gasteiger partial charge in [-0.05, 0) is 24.5 Å². The van der Waals surface area contributed by atoms with Crippen LogP contribution in [-0.2, 0) is 9.53 Å². The molecule has 1 amide bonds. The van der Waals surface area contributed by atoms with E-state index in [9.17, 15) is 4.79 Å². The number of carbonyl (C=O) groups is 1. The molecule has 4 nitrogen and oxygen atoms in total. The lowest BCUT2D eigenvalue weighted by atomic mass is 9.96. The maximum Gasteiger partial charge on any atom is 0.228 e. The summed E-state index contributed by atoms with van der Waals surface area (Å²) in [6, 6.07) is 8.24. The normalized spacial score (nSPS) is 22.6. The summed E-state index contributed by atoms with van der Waals surface area (Å²) in [6.45, 7) is 1.53. The number of para-hydroxylation sites is 1. The van der Waals surface area contributed by atoms with Crippen LogP contribution < -0.4 is 10.2 Å². The molecule has 0 radical (unpaired) electrons. The Balaban J connectivity index is 1.55. The SMILES string of the molecule is CN1C(=O)CC(NCCOC2CCCC2)c2ccccc21. The van der Waals surface area contributed by atoms with Crippen LogP contribution in [0.3, 0.4) is 0 Å². The summed E-state index contributed by atoms with van der Waals surface area (Å²) < 4.78 is 5.87. The van der Waals surface area contributed by atoms with Crippen LogP contribution >= 0.6 is 0 Å². The number of hydrogen-bond acceptors (Lipinski definition) is 3. The highest BCUT2D eigenvalue weighted by Gasteiger charge is 2.28. The molecule has 0 saturated heterocycles. The lowest BCUT2D eigenvalue weighted by molar-refractivity contribution is -0.119. The smallest absolute Gasteiger partial charge is 0.228 e. The summed E-state index contributed by atoms with van der Waals surface area (Å²) in [5, 5.41) is 3.48. The zero-order valence-electron chi connectivity index (χ0n) is 12.7. The van der Waals surface area contributed by atoms with Gasteiger partial charge < -0.3 is 15.0 Å². The third-order valence-corrected chi connectivity index (χ3v) is 4.57. The van der Waals surface area contributed by atoms with Crippen molar-refractivity contribution in [1.82, 2.24) is 5.32 Å². The van der Waals surface area contributed by atoms with Crippen molar-refractivity contribution < 1.29 is 9.53 Å². The van der Waals surface area contributed by atoms with Crippen molar-refractivity contribution in [2.75, 3.05) is 25.1 Å². The first-order chi connectivity index (χ1) is 10.3. The van der Waals surface area contributed by atoms with E-state index in [4.69, 9.17) is 4.74 Å². The zero-order chi connectivity index (χ0) is 14.7. The minimum atomic E-state index is 0.108. The topological polar surface area (TPSA) is 41.6 Å². The van der Waals surface area contributed by atoms with E-state index in [1.165, 1.54) is 31.2 Å². The van der Waals surface area contributed by atoms with E-state index in [2.05, 4.69) is 11.4 Å². The number of amides is 1. The predicted octanol–water partition coefficient (Wildman–Crippen LogP) is 2.64. The molecule has 1 saturated carbocycles. The summed E-state index contributed by atoms with van der Waals surface area (Å²) >= 11 is 0. The quantitative estimate of drug-likeness (QED) is 0.847. The Kier molecular flexibility index (Phi) is 4.56. The number of carbonyl (C=O) groups excluding carboxylic acids is 1. The van der Waals surface area contributed by atoms with Crippen molar-refractivity contribution in [3.05, 3.63) is 29.8 Å². The Bertz CT molecular complexity index is 497. The van der Waals surface area contributed by atoms with Crippen molar-refractivity contribution in [2.24, 2.45) is 0 Å². The molecule has 1 unspecified atom stereocenters. The van der Waals surface area contributed by atoms with Crippen molar-refractivity contribution in [2.45, 2.75) is 44.2 Å². The molecule has 0 spiro atoms. The molecule has 0 aromatic heterocycles. The molecule has 1 atom stereocenters. The summed E-state index contributed by atoms with van der Waals surface area (Å²) in [6.07, 6.45) is 5.99. The summed E-state index contributed by atoms with van der Waals surface area (Å²) in [7, 11) is 1.85. The van der Waals surface area contributed by atoms with E-state index in [1.807, 2.05) is 25.2 Å². The molecular formula is C17H24N2O2. The van der Waals surface area contributed by atoms with Crippen LogP contribution in [0.15, 0.2) is 24.3 Å². The van der Waals surface area contributed by atoms with Crippen molar-refractivity contribution >= 4 is 11.6 Å². The van der Waals surface area contributed by atoms with Crippen molar-refractivity contribution in [1.29, 1.82) is 0 Å². The van der Waals surface area contributed by atoms with Gasteiger partial charge in [-0.15, -0.1) is 0 Å². The van der Waals surface area contributed by atoms with E-state index in [-0.39, 0.29) is 11.9 Å². The van der Waals surface area contributed by atoms with Gasteiger partial charge in [0.25, 0.3) is 0 Å². The second kappa shape index (κ2) is 6.58. The predicted molar refractivity (Wildman–Crippen MR) is 83.4 cm³/mol. The average Bonchev–Trinajstić information content (AvgIpc) is 3.02. The standard InChI is InChI=1S/C17H24N2O2/c1-19-16-9-5-4-8-14(16)15(12-17(19)20)18-10-11-21-13-6-2-3-7-13/h4-5,8-9,13,15,18H,2-3,6-7,10-12H2,1H3. The zero-order valence-corrected chi connectivity index (χ0v) is 12.7. The van der Waals surface area contributed by atoms with Gasteiger partial charge in [-0.2, -0.15) is 0 Å². The summed E-state index contributed by atoms with van der Waals surface area (Å²) in [5.41, 5.74) is 2.23. The fourth-order valence-corrected chi connectivity index (χ4v) is 3.34. The Morgan fingerprint density at radius 2 is 2.05 bits per heavy atom.